The van der Waals surface area contributed by atoms with Crippen LogP contribution in [-0.2, 0) is 19.1 Å². The van der Waals surface area contributed by atoms with E-state index >= 15 is 0 Å². The highest BCUT2D eigenvalue weighted by Crippen LogP contribution is 2.20. The zero-order chi connectivity index (χ0) is 14.5. The molecule has 0 aliphatic carbocycles. The Labute approximate surface area is 122 Å². The maximum absolute atomic E-state index is 12.1. The van der Waals surface area contributed by atoms with Crippen molar-refractivity contribution in [2.75, 3.05) is 37.9 Å². The van der Waals surface area contributed by atoms with Crippen molar-refractivity contribution < 1.29 is 19.1 Å². The molecule has 0 N–H and O–H groups in total. The molecule has 0 spiro atoms. The van der Waals surface area contributed by atoms with Crippen molar-refractivity contribution >= 4 is 29.5 Å². The van der Waals surface area contributed by atoms with Crippen LogP contribution in [0.1, 0.15) is 19.8 Å². The van der Waals surface area contributed by atoms with E-state index in [4.69, 9.17) is 4.74 Å². The van der Waals surface area contributed by atoms with Crippen molar-refractivity contribution in [3.8, 4) is 0 Å². The molecule has 2 amide bonds. The molecule has 0 radical (unpaired) electrons. The molecular formula is C13H20N2O4S. The average molecular weight is 300 g/mol. The number of amides is 2. The van der Waals surface area contributed by atoms with E-state index in [1.807, 2.05) is 0 Å². The van der Waals surface area contributed by atoms with E-state index in [2.05, 4.69) is 0 Å². The zero-order valence-corrected chi connectivity index (χ0v) is 12.5. The smallest absolute Gasteiger partial charge is 0.309 e. The molecule has 0 aromatic heterocycles. The van der Waals surface area contributed by atoms with Crippen LogP contribution < -0.4 is 0 Å². The van der Waals surface area contributed by atoms with Crippen LogP contribution in [0.5, 0.6) is 0 Å². The van der Waals surface area contributed by atoms with E-state index in [0.717, 1.165) is 0 Å². The topological polar surface area (TPSA) is 66.9 Å². The van der Waals surface area contributed by atoms with Crippen LogP contribution in [0.4, 0.5) is 0 Å². The average Bonchev–Trinajstić information content (AvgIpc) is 2.85. The molecular weight excluding hydrogens is 280 g/mol. The molecule has 2 aliphatic rings. The monoisotopic (exact) mass is 300 g/mol. The standard InChI is InChI=1S/C13H20N2O4S/c1-2-19-13(18)10-3-5-14(6-4-10)11(16)7-15-9-20-8-12(15)17/h10H,2-9H2,1H3. The lowest BCUT2D eigenvalue weighted by Gasteiger charge is -2.31. The third-order valence-corrected chi connectivity index (χ3v) is 4.56. The van der Waals surface area contributed by atoms with Crippen LogP contribution >= 0.6 is 11.8 Å². The predicted octanol–water partition coefficient (Wildman–Crippen LogP) is 0.321. The van der Waals surface area contributed by atoms with Gasteiger partial charge in [0.25, 0.3) is 0 Å². The summed E-state index contributed by atoms with van der Waals surface area (Å²) in [7, 11) is 0. The first-order valence-corrected chi connectivity index (χ1v) is 8.07. The summed E-state index contributed by atoms with van der Waals surface area (Å²) in [5.74, 6) is 0.823. The van der Waals surface area contributed by atoms with E-state index in [1.165, 1.54) is 11.8 Å². The number of carbonyl (C=O) groups is 3. The summed E-state index contributed by atoms with van der Waals surface area (Å²) in [6.07, 6.45) is 1.29. The van der Waals surface area contributed by atoms with Gasteiger partial charge in [-0.25, -0.2) is 0 Å². The summed E-state index contributed by atoms with van der Waals surface area (Å²) in [5, 5.41) is 0. The third kappa shape index (κ3) is 3.65. The van der Waals surface area contributed by atoms with Crippen LogP contribution in [0, 0.1) is 5.92 Å². The second-order valence-corrected chi connectivity index (χ2v) is 5.93. The summed E-state index contributed by atoms with van der Waals surface area (Å²) >= 11 is 1.53. The number of likely N-dealkylation sites (tertiary alicyclic amines) is 1. The Morgan fingerprint density at radius 1 is 1.35 bits per heavy atom. The van der Waals surface area contributed by atoms with E-state index in [-0.39, 0.29) is 30.2 Å². The minimum Gasteiger partial charge on any atom is -0.466 e. The van der Waals surface area contributed by atoms with Gasteiger partial charge in [-0.05, 0) is 19.8 Å². The first-order valence-electron chi connectivity index (χ1n) is 6.91. The molecule has 0 aromatic rings. The second-order valence-electron chi connectivity index (χ2n) is 4.98. The van der Waals surface area contributed by atoms with Gasteiger partial charge in [-0.15, -0.1) is 11.8 Å². The van der Waals surface area contributed by atoms with Gasteiger partial charge < -0.3 is 14.5 Å². The van der Waals surface area contributed by atoms with Gasteiger partial charge >= 0.3 is 5.97 Å². The fraction of sp³-hybridized carbons (Fsp3) is 0.769. The lowest BCUT2D eigenvalue weighted by molar-refractivity contribution is -0.151. The highest BCUT2D eigenvalue weighted by molar-refractivity contribution is 8.00. The van der Waals surface area contributed by atoms with Crippen molar-refractivity contribution in [1.82, 2.24) is 9.80 Å². The molecule has 0 unspecified atom stereocenters. The summed E-state index contributed by atoms with van der Waals surface area (Å²) in [5.41, 5.74) is 0. The number of piperidine rings is 1. The van der Waals surface area contributed by atoms with Gasteiger partial charge in [-0.3, -0.25) is 14.4 Å². The molecule has 0 bridgehead atoms. The number of hydrogen-bond acceptors (Lipinski definition) is 5. The van der Waals surface area contributed by atoms with Gasteiger partial charge in [0.05, 0.1) is 24.2 Å². The number of ether oxygens (including phenoxy) is 1. The van der Waals surface area contributed by atoms with Gasteiger partial charge in [-0.1, -0.05) is 0 Å². The quantitative estimate of drug-likeness (QED) is 0.700. The number of hydrogen-bond donors (Lipinski definition) is 0. The van der Waals surface area contributed by atoms with E-state index < -0.39 is 0 Å². The molecule has 0 aromatic carbocycles. The van der Waals surface area contributed by atoms with Crippen LogP contribution in [0.2, 0.25) is 0 Å². The molecule has 2 heterocycles. The number of carbonyl (C=O) groups excluding carboxylic acids is 3. The second kappa shape index (κ2) is 6.97. The zero-order valence-electron chi connectivity index (χ0n) is 11.7. The van der Waals surface area contributed by atoms with Crippen LogP contribution in [0.15, 0.2) is 0 Å². The van der Waals surface area contributed by atoms with Crippen molar-refractivity contribution in [2.24, 2.45) is 5.92 Å². The van der Waals surface area contributed by atoms with E-state index in [0.29, 0.717) is 44.2 Å². The summed E-state index contributed by atoms with van der Waals surface area (Å²) in [4.78, 5) is 38.5. The molecule has 7 heteroatoms. The summed E-state index contributed by atoms with van der Waals surface area (Å²) in [6, 6.07) is 0. The fourth-order valence-electron chi connectivity index (χ4n) is 2.43. The Morgan fingerprint density at radius 2 is 2.05 bits per heavy atom. The van der Waals surface area contributed by atoms with Crippen molar-refractivity contribution in [2.45, 2.75) is 19.8 Å². The highest BCUT2D eigenvalue weighted by atomic mass is 32.2. The van der Waals surface area contributed by atoms with Gasteiger partial charge in [0.15, 0.2) is 0 Å². The highest BCUT2D eigenvalue weighted by Gasteiger charge is 2.30. The Balaban J connectivity index is 1.77. The molecule has 6 nitrogen and oxygen atoms in total. The van der Waals surface area contributed by atoms with E-state index in [1.54, 1.807) is 16.7 Å². The lowest BCUT2D eigenvalue weighted by atomic mass is 9.97. The number of esters is 1. The summed E-state index contributed by atoms with van der Waals surface area (Å²) < 4.78 is 5.00. The molecule has 2 aliphatic heterocycles. The maximum atomic E-state index is 12.1. The Bertz CT molecular complexity index is 394. The van der Waals surface area contributed by atoms with Gasteiger partial charge in [-0.2, -0.15) is 0 Å². The Kier molecular flexibility index (Phi) is 5.28. The number of nitrogens with zero attached hydrogens (tertiary/aromatic N) is 2. The largest absolute Gasteiger partial charge is 0.466 e. The SMILES string of the molecule is CCOC(=O)C1CCN(C(=O)CN2CSCC2=O)CC1. The molecule has 2 fully saturated rings. The van der Waals surface area contributed by atoms with E-state index in [9.17, 15) is 14.4 Å². The van der Waals surface area contributed by atoms with Gasteiger partial charge in [0.1, 0.15) is 6.54 Å². The normalized spacial score (nSPS) is 20.4. The Morgan fingerprint density at radius 3 is 2.60 bits per heavy atom. The lowest BCUT2D eigenvalue weighted by Crippen LogP contribution is -2.45. The van der Waals surface area contributed by atoms with Crippen LogP contribution in [0.25, 0.3) is 0 Å². The maximum Gasteiger partial charge on any atom is 0.309 e. The minimum atomic E-state index is -0.161. The first kappa shape index (κ1) is 15.2. The first-order chi connectivity index (χ1) is 9.61. The molecule has 0 saturated carbocycles. The van der Waals surface area contributed by atoms with Crippen molar-refractivity contribution in [3.05, 3.63) is 0 Å². The molecule has 2 saturated heterocycles. The molecule has 0 atom stereocenters. The van der Waals surface area contributed by atoms with Crippen LogP contribution in [-0.4, -0.2) is 65.5 Å². The molecule has 20 heavy (non-hydrogen) atoms. The minimum absolute atomic E-state index is 0.0249. The predicted molar refractivity (Wildman–Crippen MR) is 75.0 cm³/mol. The van der Waals surface area contributed by atoms with Crippen molar-refractivity contribution in [3.63, 3.8) is 0 Å². The van der Waals surface area contributed by atoms with Crippen LogP contribution in [0.3, 0.4) is 0 Å². The third-order valence-electron chi connectivity index (χ3n) is 3.62. The Hall–Kier alpha value is -1.24. The van der Waals surface area contributed by atoms with Gasteiger partial charge in [0.2, 0.25) is 11.8 Å². The number of rotatable bonds is 4. The van der Waals surface area contributed by atoms with Gasteiger partial charge in [0, 0.05) is 13.1 Å². The summed E-state index contributed by atoms with van der Waals surface area (Å²) in [6.45, 7) is 3.49. The number of thioether (sulfide) groups is 1. The van der Waals surface area contributed by atoms with Crippen molar-refractivity contribution in [1.29, 1.82) is 0 Å². The molecule has 2 rings (SSSR count). The molecule has 112 valence electrons. The fourth-order valence-corrected chi connectivity index (χ4v) is 3.33.